The van der Waals surface area contributed by atoms with Crippen molar-refractivity contribution in [3.05, 3.63) is 48.0 Å². The van der Waals surface area contributed by atoms with Crippen LogP contribution in [0.3, 0.4) is 0 Å². The van der Waals surface area contributed by atoms with Crippen LogP contribution < -0.4 is 5.32 Å². The first-order valence-corrected chi connectivity index (χ1v) is 5.55. The smallest absolute Gasteiger partial charge is 0.207 e. The summed E-state index contributed by atoms with van der Waals surface area (Å²) in [7, 11) is 0. The monoisotopic (exact) mass is 224 g/mol. The van der Waals surface area contributed by atoms with Gasteiger partial charge in [0, 0.05) is 22.8 Å². The van der Waals surface area contributed by atoms with Gasteiger partial charge in [-0.05, 0) is 11.6 Å². The van der Waals surface area contributed by atoms with Gasteiger partial charge < -0.3 is 10.3 Å². The first kappa shape index (κ1) is 9.90. The van der Waals surface area contributed by atoms with Gasteiger partial charge in [-0.1, -0.05) is 36.4 Å². The molecule has 1 heterocycles. The molecule has 0 spiro atoms. The van der Waals surface area contributed by atoms with E-state index in [4.69, 9.17) is 0 Å². The second-order valence-electron chi connectivity index (χ2n) is 4.01. The van der Waals surface area contributed by atoms with Crippen molar-refractivity contribution in [3.63, 3.8) is 0 Å². The predicted octanol–water partition coefficient (Wildman–Crippen LogP) is 2.57. The van der Waals surface area contributed by atoms with Gasteiger partial charge in [0.1, 0.15) is 0 Å². The SMILES string of the molecule is O=CNCc1cccc2c1[nH]c1ccccc12. The fraction of sp³-hybridized carbons (Fsp3) is 0.0714. The second kappa shape index (κ2) is 3.94. The van der Waals surface area contributed by atoms with Gasteiger partial charge in [-0.3, -0.25) is 4.79 Å². The van der Waals surface area contributed by atoms with Crippen LogP contribution >= 0.6 is 0 Å². The molecule has 0 aliphatic carbocycles. The lowest BCUT2D eigenvalue weighted by atomic mass is 10.1. The zero-order chi connectivity index (χ0) is 11.7. The molecule has 0 saturated carbocycles. The highest BCUT2D eigenvalue weighted by atomic mass is 16.1. The number of amides is 1. The van der Waals surface area contributed by atoms with Crippen molar-refractivity contribution in [2.75, 3.05) is 0 Å². The zero-order valence-corrected chi connectivity index (χ0v) is 9.23. The van der Waals surface area contributed by atoms with E-state index in [0.29, 0.717) is 6.54 Å². The summed E-state index contributed by atoms with van der Waals surface area (Å²) in [5, 5.41) is 5.12. The Hall–Kier alpha value is -2.29. The molecule has 3 nitrogen and oxygen atoms in total. The van der Waals surface area contributed by atoms with Crippen molar-refractivity contribution in [1.29, 1.82) is 0 Å². The van der Waals surface area contributed by atoms with E-state index in [-0.39, 0.29) is 0 Å². The third-order valence-electron chi connectivity index (χ3n) is 3.00. The lowest BCUT2D eigenvalue weighted by molar-refractivity contribution is -0.109. The Morgan fingerprint density at radius 1 is 1.06 bits per heavy atom. The van der Waals surface area contributed by atoms with E-state index in [1.165, 1.54) is 10.8 Å². The summed E-state index contributed by atoms with van der Waals surface area (Å²) in [6.45, 7) is 0.549. The number of rotatable bonds is 3. The molecule has 0 atom stereocenters. The molecular formula is C14H12N2O. The average Bonchev–Trinajstić information content (AvgIpc) is 2.75. The molecule has 3 heteroatoms. The molecule has 2 aromatic carbocycles. The lowest BCUT2D eigenvalue weighted by Gasteiger charge is -2.01. The van der Waals surface area contributed by atoms with Crippen LogP contribution in [0, 0.1) is 0 Å². The highest BCUT2D eigenvalue weighted by molar-refractivity contribution is 6.08. The number of hydrogen-bond acceptors (Lipinski definition) is 1. The minimum Gasteiger partial charge on any atom is -0.355 e. The summed E-state index contributed by atoms with van der Waals surface area (Å²) in [4.78, 5) is 13.8. The van der Waals surface area contributed by atoms with Crippen LogP contribution in [0.25, 0.3) is 21.8 Å². The summed E-state index contributed by atoms with van der Waals surface area (Å²) >= 11 is 0. The fourth-order valence-corrected chi connectivity index (χ4v) is 2.23. The molecule has 2 N–H and O–H groups in total. The maximum absolute atomic E-state index is 10.4. The van der Waals surface area contributed by atoms with E-state index in [1.54, 1.807) is 0 Å². The Morgan fingerprint density at radius 3 is 2.76 bits per heavy atom. The van der Waals surface area contributed by atoms with Gasteiger partial charge in [-0.2, -0.15) is 0 Å². The Balaban J connectivity index is 2.27. The molecule has 0 aliphatic rings. The lowest BCUT2D eigenvalue weighted by Crippen LogP contribution is -2.09. The van der Waals surface area contributed by atoms with Gasteiger partial charge in [0.15, 0.2) is 0 Å². The fourth-order valence-electron chi connectivity index (χ4n) is 2.23. The minimum atomic E-state index is 0.549. The maximum atomic E-state index is 10.4. The molecule has 0 saturated heterocycles. The molecule has 3 rings (SSSR count). The summed E-state index contributed by atoms with van der Waals surface area (Å²) in [5.41, 5.74) is 3.33. The second-order valence-corrected chi connectivity index (χ2v) is 4.01. The van der Waals surface area contributed by atoms with Crippen molar-refractivity contribution in [2.45, 2.75) is 6.54 Å². The summed E-state index contributed by atoms with van der Waals surface area (Å²) in [6.07, 6.45) is 0.724. The van der Waals surface area contributed by atoms with Gasteiger partial charge in [-0.15, -0.1) is 0 Å². The van der Waals surface area contributed by atoms with Gasteiger partial charge in [0.25, 0.3) is 0 Å². The van der Waals surface area contributed by atoms with Crippen molar-refractivity contribution < 1.29 is 4.79 Å². The number of aromatic amines is 1. The number of nitrogens with one attached hydrogen (secondary N) is 2. The Morgan fingerprint density at radius 2 is 1.88 bits per heavy atom. The summed E-state index contributed by atoms with van der Waals surface area (Å²) in [6, 6.07) is 14.3. The van der Waals surface area contributed by atoms with E-state index < -0.39 is 0 Å². The van der Waals surface area contributed by atoms with Crippen molar-refractivity contribution in [3.8, 4) is 0 Å². The standard InChI is InChI=1S/C14H12N2O/c17-9-15-8-10-4-3-6-12-11-5-1-2-7-13(11)16-14(10)12/h1-7,9,16H,8H2,(H,15,17). The zero-order valence-electron chi connectivity index (χ0n) is 9.23. The molecule has 0 unspecified atom stereocenters. The van der Waals surface area contributed by atoms with E-state index in [9.17, 15) is 4.79 Å². The van der Waals surface area contributed by atoms with Crippen LogP contribution in [-0.4, -0.2) is 11.4 Å². The van der Waals surface area contributed by atoms with Crippen molar-refractivity contribution >= 4 is 28.2 Å². The molecule has 0 aliphatic heterocycles. The van der Waals surface area contributed by atoms with E-state index in [0.717, 1.165) is 23.0 Å². The number of fused-ring (bicyclic) bond motifs is 3. The van der Waals surface area contributed by atoms with Gasteiger partial charge in [0.2, 0.25) is 6.41 Å². The molecule has 0 radical (unpaired) electrons. The van der Waals surface area contributed by atoms with Crippen LogP contribution in [0.5, 0.6) is 0 Å². The topological polar surface area (TPSA) is 44.9 Å². The Bertz CT molecular complexity index is 685. The quantitative estimate of drug-likeness (QED) is 0.660. The third-order valence-corrected chi connectivity index (χ3v) is 3.00. The normalized spacial score (nSPS) is 10.8. The van der Waals surface area contributed by atoms with Crippen molar-refractivity contribution in [2.24, 2.45) is 0 Å². The van der Waals surface area contributed by atoms with Crippen LogP contribution in [0.4, 0.5) is 0 Å². The van der Waals surface area contributed by atoms with E-state index in [1.807, 2.05) is 24.3 Å². The summed E-state index contributed by atoms with van der Waals surface area (Å²) < 4.78 is 0. The number of carbonyl (C=O) groups excluding carboxylic acids is 1. The molecule has 0 fully saturated rings. The largest absolute Gasteiger partial charge is 0.355 e. The van der Waals surface area contributed by atoms with Gasteiger partial charge in [0.05, 0.1) is 5.52 Å². The highest BCUT2D eigenvalue weighted by Gasteiger charge is 2.06. The van der Waals surface area contributed by atoms with Crippen molar-refractivity contribution in [1.82, 2.24) is 10.3 Å². The number of carbonyl (C=O) groups is 1. The van der Waals surface area contributed by atoms with Crippen LogP contribution in [-0.2, 0) is 11.3 Å². The average molecular weight is 224 g/mol. The summed E-state index contributed by atoms with van der Waals surface area (Å²) in [5.74, 6) is 0. The molecule has 0 bridgehead atoms. The highest BCUT2D eigenvalue weighted by Crippen LogP contribution is 2.27. The minimum absolute atomic E-state index is 0.549. The molecule has 1 aromatic heterocycles. The predicted molar refractivity (Wildman–Crippen MR) is 68.7 cm³/mol. The van der Waals surface area contributed by atoms with Crippen LogP contribution in [0.15, 0.2) is 42.5 Å². The number of aromatic nitrogens is 1. The third kappa shape index (κ3) is 1.56. The first-order chi connectivity index (χ1) is 8.40. The van der Waals surface area contributed by atoms with Gasteiger partial charge >= 0.3 is 0 Å². The molecule has 1 amide bonds. The molecule has 17 heavy (non-hydrogen) atoms. The Labute approximate surface area is 98.4 Å². The van der Waals surface area contributed by atoms with Crippen LogP contribution in [0.1, 0.15) is 5.56 Å². The molecular weight excluding hydrogens is 212 g/mol. The van der Waals surface area contributed by atoms with Crippen LogP contribution in [0.2, 0.25) is 0 Å². The van der Waals surface area contributed by atoms with E-state index >= 15 is 0 Å². The molecule has 84 valence electrons. The Kier molecular flexibility index (Phi) is 2.29. The van der Waals surface area contributed by atoms with E-state index in [2.05, 4.69) is 28.5 Å². The number of H-pyrrole nitrogens is 1. The number of hydrogen-bond donors (Lipinski definition) is 2. The van der Waals surface area contributed by atoms with Gasteiger partial charge in [-0.25, -0.2) is 0 Å². The number of benzene rings is 2. The maximum Gasteiger partial charge on any atom is 0.207 e. The number of para-hydroxylation sites is 2. The first-order valence-electron chi connectivity index (χ1n) is 5.55. The molecule has 3 aromatic rings.